The minimum absolute atomic E-state index is 0. The van der Waals surface area contributed by atoms with Gasteiger partial charge >= 0.3 is 19.5 Å². The molecule has 0 radical (unpaired) electrons. The molecule has 15 heavy (non-hydrogen) atoms. The molecule has 0 saturated heterocycles. The average molecular weight is 372 g/mol. The molecule has 1 aromatic carbocycles. The van der Waals surface area contributed by atoms with Gasteiger partial charge in [-0.15, -0.1) is 0 Å². The number of hydrogen-bond donors (Lipinski definition) is 2. The number of halogens is 1. The third-order valence-electron chi connectivity index (χ3n) is 1.69. The molecule has 6 heteroatoms. The molecule has 1 aromatic rings. The van der Waals surface area contributed by atoms with Crippen LogP contribution in [0.25, 0.3) is 0 Å². The van der Waals surface area contributed by atoms with Crippen LogP contribution in [-0.4, -0.2) is 17.1 Å². The van der Waals surface area contributed by atoms with Gasteiger partial charge in [0, 0.05) is 6.04 Å². The Bertz CT molecular complexity index is 305. The molecular formula is C9H10INO3Zn. The van der Waals surface area contributed by atoms with Crippen LogP contribution in [0, 0.1) is 0 Å². The van der Waals surface area contributed by atoms with Crippen LogP contribution in [0.1, 0.15) is 5.56 Å². The zero-order valence-electron chi connectivity index (χ0n) is 8.02. The first-order chi connectivity index (χ1) is 6.09. The molecule has 0 fully saturated rings. The first kappa shape index (κ1) is 17.2. The Morgan fingerprint density at radius 2 is 1.87 bits per heavy atom. The maximum absolute atomic E-state index is 10.3. The Morgan fingerprint density at radius 3 is 2.27 bits per heavy atom. The Morgan fingerprint density at radius 1 is 1.40 bits per heavy atom. The fraction of sp³-hybridized carbons (Fsp3) is 0.222. The zero-order chi connectivity index (χ0) is 9.84. The second-order valence-electron chi connectivity index (χ2n) is 2.80. The standard InChI is InChI=1S/C9H11NO3.HI.Zn/c10-8(9(12)13)5-6-1-3-7(11)4-2-6;;/h1-4,8,11H,5,10H2,(H,12,13);1H;/q;;+2/p-2/t8-;;/m0../s1. The van der Waals surface area contributed by atoms with E-state index in [4.69, 9.17) is 10.8 Å². The fourth-order valence-corrected chi connectivity index (χ4v) is 0.969. The summed E-state index contributed by atoms with van der Waals surface area (Å²) in [7, 11) is 0. The van der Waals surface area contributed by atoms with E-state index in [2.05, 4.69) is 0 Å². The molecule has 0 aromatic heterocycles. The van der Waals surface area contributed by atoms with Crippen molar-refractivity contribution in [3.8, 4) is 5.75 Å². The number of phenols is 1. The molecule has 0 aliphatic carbocycles. The van der Waals surface area contributed by atoms with E-state index in [0.29, 0.717) is 0 Å². The van der Waals surface area contributed by atoms with E-state index in [0.717, 1.165) is 5.56 Å². The first-order valence-corrected chi connectivity index (χ1v) is 3.84. The molecule has 4 nitrogen and oxygen atoms in total. The summed E-state index contributed by atoms with van der Waals surface area (Å²) in [6.07, 6.45) is 0.211. The van der Waals surface area contributed by atoms with Gasteiger partial charge in [-0.2, -0.15) is 0 Å². The number of rotatable bonds is 3. The van der Waals surface area contributed by atoms with Gasteiger partial charge in [-0.3, -0.25) is 0 Å². The fourth-order valence-electron chi connectivity index (χ4n) is 0.969. The predicted octanol–water partition coefficient (Wildman–Crippen LogP) is -3.99. The quantitative estimate of drug-likeness (QED) is 0.419. The number of aliphatic carboxylic acids is 1. The van der Waals surface area contributed by atoms with E-state index < -0.39 is 12.0 Å². The number of aromatic hydroxyl groups is 1. The smallest absolute Gasteiger partial charge is 1.00 e. The van der Waals surface area contributed by atoms with Crippen LogP contribution in [0.15, 0.2) is 24.3 Å². The monoisotopic (exact) mass is 371 g/mol. The van der Waals surface area contributed by atoms with E-state index in [1.54, 1.807) is 12.1 Å². The van der Waals surface area contributed by atoms with Gasteiger partial charge in [-0.25, -0.2) is 0 Å². The predicted molar refractivity (Wildman–Crippen MR) is 44.8 cm³/mol. The van der Waals surface area contributed by atoms with Crippen molar-refractivity contribution in [3.05, 3.63) is 29.8 Å². The SMILES string of the molecule is N[C@@H](Cc1ccc(O)cc1)C(=O)[O-].[I-].[Zn+2]. The summed E-state index contributed by atoms with van der Waals surface area (Å²) in [5.41, 5.74) is 6.02. The van der Waals surface area contributed by atoms with E-state index in [-0.39, 0.29) is 55.6 Å². The third-order valence-corrected chi connectivity index (χ3v) is 1.69. The normalized spacial score (nSPS) is 10.7. The van der Waals surface area contributed by atoms with Gasteiger partial charge in [0.15, 0.2) is 0 Å². The molecule has 1 atom stereocenters. The minimum atomic E-state index is -1.27. The number of benzene rings is 1. The second kappa shape index (κ2) is 8.01. The van der Waals surface area contributed by atoms with Gasteiger partial charge in [0.05, 0.1) is 5.97 Å². The molecule has 0 heterocycles. The zero-order valence-corrected chi connectivity index (χ0v) is 13.1. The number of carbonyl (C=O) groups is 1. The van der Waals surface area contributed by atoms with E-state index in [1.807, 2.05) is 0 Å². The largest absolute Gasteiger partial charge is 2.00 e. The molecule has 0 saturated carbocycles. The summed E-state index contributed by atoms with van der Waals surface area (Å²) in [5.74, 6) is -1.13. The van der Waals surface area contributed by atoms with Gasteiger partial charge in [0.25, 0.3) is 0 Å². The van der Waals surface area contributed by atoms with Crippen molar-refractivity contribution in [2.24, 2.45) is 5.73 Å². The molecule has 0 aliphatic rings. The Labute approximate surface area is 118 Å². The summed E-state index contributed by atoms with van der Waals surface area (Å²) in [5, 5.41) is 19.2. The Hall–Kier alpha value is -0.197. The van der Waals surface area contributed by atoms with E-state index in [9.17, 15) is 9.90 Å². The number of carbonyl (C=O) groups excluding carboxylic acids is 1. The molecular weight excluding hydrogens is 362 g/mol. The molecule has 0 spiro atoms. The third kappa shape index (κ3) is 6.07. The second-order valence-corrected chi connectivity index (χ2v) is 2.80. The van der Waals surface area contributed by atoms with Gasteiger partial charge < -0.3 is 44.7 Å². The summed E-state index contributed by atoms with van der Waals surface area (Å²) >= 11 is 0. The van der Waals surface area contributed by atoms with Crippen molar-refractivity contribution in [2.45, 2.75) is 12.5 Å². The van der Waals surface area contributed by atoms with Crippen LogP contribution in [0.2, 0.25) is 0 Å². The van der Waals surface area contributed by atoms with Crippen LogP contribution in [-0.2, 0) is 30.7 Å². The first-order valence-electron chi connectivity index (χ1n) is 3.84. The van der Waals surface area contributed by atoms with Gasteiger partial charge in [0.2, 0.25) is 0 Å². The molecule has 0 bridgehead atoms. The maximum Gasteiger partial charge on any atom is 2.00 e. The number of hydrogen-bond acceptors (Lipinski definition) is 4. The van der Waals surface area contributed by atoms with Gasteiger partial charge in [-0.05, 0) is 24.1 Å². The van der Waals surface area contributed by atoms with E-state index >= 15 is 0 Å². The molecule has 3 N–H and O–H groups in total. The van der Waals surface area contributed by atoms with Crippen molar-refractivity contribution >= 4 is 5.97 Å². The summed E-state index contributed by atoms with van der Waals surface area (Å²) in [4.78, 5) is 10.3. The van der Waals surface area contributed by atoms with Crippen molar-refractivity contribution in [1.82, 2.24) is 0 Å². The van der Waals surface area contributed by atoms with Crippen LogP contribution in [0.3, 0.4) is 0 Å². The van der Waals surface area contributed by atoms with E-state index in [1.165, 1.54) is 12.1 Å². The van der Waals surface area contributed by atoms with Gasteiger partial charge in [-0.1, -0.05) is 12.1 Å². The van der Waals surface area contributed by atoms with Crippen molar-refractivity contribution in [3.63, 3.8) is 0 Å². The average Bonchev–Trinajstić information content (AvgIpc) is 2.08. The topological polar surface area (TPSA) is 86.4 Å². The van der Waals surface area contributed by atoms with Gasteiger partial charge in [0.1, 0.15) is 5.75 Å². The van der Waals surface area contributed by atoms with Crippen LogP contribution >= 0.6 is 0 Å². The number of carboxylic acid groups (broad SMARTS) is 1. The van der Waals surface area contributed by atoms with Crippen LogP contribution < -0.4 is 34.8 Å². The van der Waals surface area contributed by atoms with Crippen molar-refractivity contribution in [2.75, 3.05) is 0 Å². The maximum atomic E-state index is 10.3. The number of nitrogens with two attached hydrogens (primary N) is 1. The van der Waals surface area contributed by atoms with Crippen molar-refractivity contribution < 1.29 is 58.5 Å². The Balaban J connectivity index is 0. The minimum Gasteiger partial charge on any atom is -1.00 e. The summed E-state index contributed by atoms with van der Waals surface area (Å²) < 4.78 is 0. The van der Waals surface area contributed by atoms with Crippen LogP contribution in [0.4, 0.5) is 0 Å². The van der Waals surface area contributed by atoms with Crippen LogP contribution in [0.5, 0.6) is 5.75 Å². The number of carboxylic acids is 1. The Kier molecular flexibility index (Phi) is 9.19. The summed E-state index contributed by atoms with van der Waals surface area (Å²) in [6.45, 7) is 0. The number of phenolic OH excluding ortho intramolecular Hbond substituents is 1. The molecule has 0 aliphatic heterocycles. The molecule has 0 amide bonds. The van der Waals surface area contributed by atoms with Crippen molar-refractivity contribution in [1.29, 1.82) is 0 Å². The molecule has 1 rings (SSSR count). The molecule has 0 unspecified atom stereocenters. The summed E-state index contributed by atoms with van der Waals surface area (Å²) in [6, 6.07) is 5.22. The molecule has 78 valence electrons.